The number of halogens is 2. The van der Waals surface area contributed by atoms with E-state index in [1.54, 1.807) is 12.1 Å². The van der Waals surface area contributed by atoms with Gasteiger partial charge in [-0.3, -0.25) is 4.79 Å². The molecule has 1 unspecified atom stereocenters. The average molecular weight is 315 g/mol. The van der Waals surface area contributed by atoms with E-state index >= 15 is 0 Å². The Bertz CT molecular complexity index is 523. The zero-order chi connectivity index (χ0) is 14.9. The number of nitrogens with one attached hydrogen (secondary N) is 1. The number of carbonyl (C=O) groups excluding carboxylic acids is 1. The third kappa shape index (κ3) is 2.80. The lowest BCUT2D eigenvalue weighted by Crippen LogP contribution is -2.35. The van der Waals surface area contributed by atoms with Gasteiger partial charge in [0, 0.05) is 17.5 Å². The van der Waals surface area contributed by atoms with Gasteiger partial charge in [0.25, 0.3) is 0 Å². The van der Waals surface area contributed by atoms with Gasteiger partial charge in [-0.05, 0) is 37.4 Å². The van der Waals surface area contributed by atoms with E-state index in [1.165, 1.54) is 0 Å². The lowest BCUT2D eigenvalue weighted by atomic mass is 9.73. The molecule has 0 amide bonds. The lowest BCUT2D eigenvalue weighted by Gasteiger charge is -2.29. The Morgan fingerprint density at radius 1 is 1.45 bits per heavy atom. The summed E-state index contributed by atoms with van der Waals surface area (Å²) in [7, 11) is 0. The minimum absolute atomic E-state index is 0.0762. The third-order valence-corrected chi connectivity index (χ3v) is 4.72. The van der Waals surface area contributed by atoms with Gasteiger partial charge in [0.15, 0.2) is 5.78 Å². The van der Waals surface area contributed by atoms with Crippen molar-refractivity contribution >= 4 is 34.7 Å². The summed E-state index contributed by atoms with van der Waals surface area (Å²) < 4.78 is 0. The molecule has 0 bridgehead atoms. The molecule has 0 aliphatic carbocycles. The summed E-state index contributed by atoms with van der Waals surface area (Å²) >= 11 is 12.0. The monoisotopic (exact) mass is 314 g/mol. The van der Waals surface area contributed by atoms with Crippen molar-refractivity contribution in [2.45, 2.75) is 26.7 Å². The van der Waals surface area contributed by atoms with Gasteiger partial charge in [0.1, 0.15) is 0 Å². The van der Waals surface area contributed by atoms with E-state index in [-0.39, 0.29) is 16.2 Å². The van der Waals surface area contributed by atoms with Crippen LogP contribution in [0.5, 0.6) is 0 Å². The molecule has 2 rings (SSSR count). The zero-order valence-corrected chi connectivity index (χ0v) is 13.3. The lowest BCUT2D eigenvalue weighted by molar-refractivity contribution is 0.0783. The number of hydrogen-bond donors (Lipinski definition) is 2. The second kappa shape index (κ2) is 5.92. The fourth-order valence-electron chi connectivity index (χ4n) is 3.04. The molecule has 1 aromatic carbocycles. The van der Waals surface area contributed by atoms with Crippen LogP contribution in [0.4, 0.5) is 5.69 Å². The molecule has 1 atom stereocenters. The van der Waals surface area contributed by atoms with Crippen molar-refractivity contribution in [2.24, 2.45) is 11.3 Å². The van der Waals surface area contributed by atoms with Crippen LogP contribution in [0.2, 0.25) is 10.0 Å². The Morgan fingerprint density at radius 3 is 2.70 bits per heavy atom. The fraction of sp³-hybridized carbons (Fsp3) is 0.533. The van der Waals surface area contributed by atoms with Crippen LogP contribution in [0.1, 0.15) is 37.0 Å². The van der Waals surface area contributed by atoms with Crippen LogP contribution < -0.4 is 11.1 Å². The molecule has 0 aromatic heterocycles. The SMILES string of the molecule is CC(C)CC1(C(=O)c2ccc(Cl)c(Cl)c2N)CCNC1. The van der Waals surface area contributed by atoms with Crippen molar-refractivity contribution in [1.29, 1.82) is 0 Å². The molecule has 1 aliphatic heterocycles. The quantitative estimate of drug-likeness (QED) is 0.656. The number of nitrogens with two attached hydrogens (primary N) is 1. The molecule has 1 saturated heterocycles. The molecule has 1 fully saturated rings. The number of hydrogen-bond acceptors (Lipinski definition) is 3. The molecule has 1 aliphatic rings. The van der Waals surface area contributed by atoms with E-state index < -0.39 is 0 Å². The topological polar surface area (TPSA) is 55.1 Å². The molecule has 110 valence electrons. The van der Waals surface area contributed by atoms with E-state index in [9.17, 15) is 4.79 Å². The molecule has 1 aromatic rings. The fourth-order valence-corrected chi connectivity index (χ4v) is 3.37. The molecule has 0 radical (unpaired) electrons. The second-order valence-corrected chi connectivity index (χ2v) is 6.74. The molecular weight excluding hydrogens is 295 g/mol. The van der Waals surface area contributed by atoms with Crippen molar-refractivity contribution in [3.05, 3.63) is 27.7 Å². The van der Waals surface area contributed by atoms with Gasteiger partial charge in [-0.25, -0.2) is 0 Å². The highest BCUT2D eigenvalue weighted by Gasteiger charge is 2.42. The number of benzene rings is 1. The summed E-state index contributed by atoms with van der Waals surface area (Å²) in [5.74, 6) is 0.523. The predicted octanol–water partition coefficient (Wildman–Crippen LogP) is 3.78. The van der Waals surface area contributed by atoms with Crippen molar-refractivity contribution < 1.29 is 4.79 Å². The van der Waals surface area contributed by atoms with Crippen molar-refractivity contribution in [3.8, 4) is 0 Å². The van der Waals surface area contributed by atoms with Gasteiger partial charge in [0.2, 0.25) is 0 Å². The van der Waals surface area contributed by atoms with Gasteiger partial charge in [-0.2, -0.15) is 0 Å². The summed E-state index contributed by atoms with van der Waals surface area (Å²) in [4.78, 5) is 13.0. The molecule has 3 N–H and O–H groups in total. The molecule has 20 heavy (non-hydrogen) atoms. The second-order valence-electron chi connectivity index (χ2n) is 5.96. The molecule has 0 saturated carbocycles. The van der Waals surface area contributed by atoms with E-state index in [1.807, 2.05) is 0 Å². The minimum atomic E-state index is -0.376. The summed E-state index contributed by atoms with van der Waals surface area (Å²) in [6.07, 6.45) is 1.68. The van der Waals surface area contributed by atoms with Crippen LogP contribution >= 0.6 is 23.2 Å². The molecule has 0 spiro atoms. The Hall–Kier alpha value is -0.770. The summed E-state index contributed by atoms with van der Waals surface area (Å²) in [6.45, 7) is 5.82. The first kappa shape index (κ1) is 15.6. The summed E-state index contributed by atoms with van der Waals surface area (Å²) in [6, 6.07) is 3.32. The highest BCUT2D eigenvalue weighted by Crippen LogP contribution is 2.40. The highest BCUT2D eigenvalue weighted by atomic mass is 35.5. The Morgan fingerprint density at radius 2 is 2.15 bits per heavy atom. The van der Waals surface area contributed by atoms with Crippen LogP contribution in [-0.4, -0.2) is 18.9 Å². The smallest absolute Gasteiger partial charge is 0.172 e. The van der Waals surface area contributed by atoms with E-state index in [2.05, 4.69) is 19.2 Å². The summed E-state index contributed by atoms with van der Waals surface area (Å²) in [5.41, 5.74) is 6.39. The standard InChI is InChI=1S/C15H20Cl2N2O/c1-9(2)7-15(5-6-19-8-15)14(20)10-3-4-11(16)12(17)13(10)18/h3-4,9,19H,5-8,18H2,1-2H3. The van der Waals surface area contributed by atoms with Crippen molar-refractivity contribution in [3.63, 3.8) is 0 Å². The number of carbonyl (C=O) groups is 1. The van der Waals surface area contributed by atoms with Crippen LogP contribution in [0.3, 0.4) is 0 Å². The number of Topliss-reactive ketones (excluding diaryl/α,β-unsaturated/α-hetero) is 1. The average Bonchev–Trinajstić information content (AvgIpc) is 2.84. The maximum atomic E-state index is 13.0. The number of anilines is 1. The van der Waals surface area contributed by atoms with Gasteiger partial charge >= 0.3 is 0 Å². The van der Waals surface area contributed by atoms with Crippen LogP contribution in [-0.2, 0) is 0 Å². The van der Waals surface area contributed by atoms with Crippen LogP contribution in [0, 0.1) is 11.3 Å². The van der Waals surface area contributed by atoms with E-state index in [0.29, 0.717) is 28.7 Å². The van der Waals surface area contributed by atoms with Crippen molar-refractivity contribution in [2.75, 3.05) is 18.8 Å². The maximum Gasteiger partial charge on any atom is 0.172 e. The summed E-state index contributed by atoms with van der Waals surface area (Å²) in [5, 5.41) is 3.94. The highest BCUT2D eigenvalue weighted by molar-refractivity contribution is 6.44. The van der Waals surface area contributed by atoms with Crippen molar-refractivity contribution in [1.82, 2.24) is 5.32 Å². The third-order valence-electron chi connectivity index (χ3n) is 3.90. The normalized spacial score (nSPS) is 22.4. The first-order chi connectivity index (χ1) is 9.37. The van der Waals surface area contributed by atoms with Gasteiger partial charge in [0.05, 0.1) is 15.7 Å². The number of ketones is 1. The molecule has 1 heterocycles. The van der Waals surface area contributed by atoms with Gasteiger partial charge in [-0.15, -0.1) is 0 Å². The maximum absolute atomic E-state index is 13.0. The molecule has 3 nitrogen and oxygen atoms in total. The van der Waals surface area contributed by atoms with Crippen LogP contribution in [0.15, 0.2) is 12.1 Å². The minimum Gasteiger partial charge on any atom is -0.397 e. The number of rotatable bonds is 4. The van der Waals surface area contributed by atoms with E-state index in [4.69, 9.17) is 28.9 Å². The largest absolute Gasteiger partial charge is 0.397 e. The first-order valence-electron chi connectivity index (χ1n) is 6.86. The number of nitrogen functional groups attached to an aromatic ring is 1. The van der Waals surface area contributed by atoms with E-state index in [0.717, 1.165) is 19.4 Å². The molecular formula is C15H20Cl2N2O. The van der Waals surface area contributed by atoms with Crippen LogP contribution in [0.25, 0.3) is 0 Å². The Kier molecular flexibility index (Phi) is 4.62. The zero-order valence-electron chi connectivity index (χ0n) is 11.8. The Labute approximate surface area is 129 Å². The van der Waals surface area contributed by atoms with Gasteiger partial charge in [-0.1, -0.05) is 37.0 Å². The molecule has 5 heteroatoms. The predicted molar refractivity (Wildman–Crippen MR) is 84.6 cm³/mol. The Balaban J connectivity index is 2.41. The first-order valence-corrected chi connectivity index (χ1v) is 7.62. The van der Waals surface area contributed by atoms with Gasteiger partial charge < -0.3 is 11.1 Å².